The summed E-state index contributed by atoms with van der Waals surface area (Å²) in [5.41, 5.74) is 1.21. The Morgan fingerprint density at radius 3 is 2.76 bits per heavy atom. The molecule has 116 valence electrons. The lowest BCUT2D eigenvalue weighted by atomic mass is 9.87. The van der Waals surface area contributed by atoms with Crippen molar-refractivity contribution >= 4 is 23.2 Å². The van der Waals surface area contributed by atoms with Gasteiger partial charge in [0.25, 0.3) is 0 Å². The lowest BCUT2D eigenvalue weighted by Crippen LogP contribution is -2.26. The van der Waals surface area contributed by atoms with Crippen LogP contribution in [0.15, 0.2) is 5.38 Å². The number of thiazole rings is 1. The van der Waals surface area contributed by atoms with Crippen molar-refractivity contribution in [2.45, 2.75) is 57.3 Å². The molecule has 5 nitrogen and oxygen atoms in total. The van der Waals surface area contributed by atoms with Gasteiger partial charge in [0, 0.05) is 30.7 Å². The third-order valence-electron chi connectivity index (χ3n) is 3.82. The van der Waals surface area contributed by atoms with Crippen LogP contribution >= 0.6 is 11.3 Å². The van der Waals surface area contributed by atoms with Gasteiger partial charge in [-0.25, -0.2) is 4.98 Å². The van der Waals surface area contributed by atoms with Gasteiger partial charge in [0.15, 0.2) is 0 Å². The average molecular weight is 310 g/mol. The summed E-state index contributed by atoms with van der Waals surface area (Å²) in [4.78, 5) is 26.4. The number of carboxylic acid groups (broad SMARTS) is 1. The van der Waals surface area contributed by atoms with Crippen LogP contribution in [0.3, 0.4) is 0 Å². The van der Waals surface area contributed by atoms with Gasteiger partial charge in [0.05, 0.1) is 17.1 Å². The molecule has 1 amide bonds. The number of nitrogens with one attached hydrogen (secondary N) is 1. The number of carboxylic acids is 1. The van der Waals surface area contributed by atoms with E-state index >= 15 is 0 Å². The van der Waals surface area contributed by atoms with Gasteiger partial charge >= 0.3 is 5.97 Å². The van der Waals surface area contributed by atoms with E-state index < -0.39 is 5.97 Å². The maximum absolute atomic E-state index is 11.4. The van der Waals surface area contributed by atoms with E-state index in [1.165, 1.54) is 37.8 Å². The van der Waals surface area contributed by atoms with Crippen molar-refractivity contribution in [1.82, 2.24) is 10.3 Å². The van der Waals surface area contributed by atoms with Gasteiger partial charge in [-0.05, 0) is 12.8 Å². The first-order chi connectivity index (χ1) is 10.1. The van der Waals surface area contributed by atoms with Crippen molar-refractivity contribution < 1.29 is 14.7 Å². The molecule has 0 spiro atoms. The topological polar surface area (TPSA) is 79.3 Å². The first-order valence-corrected chi connectivity index (χ1v) is 8.46. The Labute approximate surface area is 128 Å². The first kappa shape index (κ1) is 15.9. The Hall–Kier alpha value is -1.43. The summed E-state index contributed by atoms with van der Waals surface area (Å²) in [6.07, 6.45) is 7.08. The third kappa shape index (κ3) is 5.46. The van der Waals surface area contributed by atoms with Gasteiger partial charge in [0.2, 0.25) is 5.91 Å². The highest BCUT2D eigenvalue weighted by Crippen LogP contribution is 2.32. The normalized spacial score (nSPS) is 15.8. The van der Waals surface area contributed by atoms with Crippen LogP contribution in [-0.4, -0.2) is 28.5 Å². The maximum atomic E-state index is 11.4. The number of aromatic nitrogens is 1. The van der Waals surface area contributed by atoms with Crippen molar-refractivity contribution in [3.05, 3.63) is 16.1 Å². The van der Waals surface area contributed by atoms with Gasteiger partial charge in [0.1, 0.15) is 0 Å². The number of hydrogen-bond acceptors (Lipinski definition) is 4. The Morgan fingerprint density at radius 2 is 2.05 bits per heavy atom. The molecule has 6 heteroatoms. The van der Waals surface area contributed by atoms with Crippen molar-refractivity contribution in [3.63, 3.8) is 0 Å². The van der Waals surface area contributed by atoms with E-state index in [2.05, 4.69) is 15.7 Å². The average Bonchev–Trinajstić information content (AvgIpc) is 2.95. The second kappa shape index (κ2) is 8.12. The molecule has 21 heavy (non-hydrogen) atoms. The Bertz CT molecular complexity index is 481. The molecule has 0 aliphatic heterocycles. The second-order valence-corrected chi connectivity index (χ2v) is 6.44. The highest BCUT2D eigenvalue weighted by molar-refractivity contribution is 7.09. The Balaban J connectivity index is 1.70. The molecule has 1 aromatic rings. The molecule has 0 radical (unpaired) electrons. The molecule has 1 aromatic heterocycles. The number of rotatable bonds is 7. The molecular formula is C15H22N2O3S. The van der Waals surface area contributed by atoms with E-state index in [1.807, 2.05) is 0 Å². The maximum Gasteiger partial charge on any atom is 0.303 e. The SMILES string of the molecule is O=C(O)CCC(=O)NCCc1nc(C2CCCCC2)cs1. The quantitative estimate of drug-likeness (QED) is 0.811. The van der Waals surface area contributed by atoms with Crippen LogP contribution in [0.25, 0.3) is 0 Å². The monoisotopic (exact) mass is 310 g/mol. The largest absolute Gasteiger partial charge is 0.481 e. The standard InChI is InChI=1S/C15H22N2O3S/c18-13(6-7-15(19)20)16-9-8-14-17-12(10-21-14)11-4-2-1-3-5-11/h10-11H,1-9H2,(H,16,18)(H,19,20). The van der Waals surface area contributed by atoms with Crippen molar-refractivity contribution in [3.8, 4) is 0 Å². The van der Waals surface area contributed by atoms with Crippen LogP contribution in [0.1, 0.15) is 61.6 Å². The zero-order valence-corrected chi connectivity index (χ0v) is 13.0. The highest BCUT2D eigenvalue weighted by Gasteiger charge is 2.18. The fraction of sp³-hybridized carbons (Fsp3) is 0.667. The minimum Gasteiger partial charge on any atom is -0.481 e. The number of aliphatic carboxylic acids is 1. The second-order valence-electron chi connectivity index (χ2n) is 5.49. The minimum absolute atomic E-state index is 0.0422. The summed E-state index contributed by atoms with van der Waals surface area (Å²) in [5, 5.41) is 14.4. The van der Waals surface area contributed by atoms with Gasteiger partial charge in [-0.15, -0.1) is 11.3 Å². The zero-order chi connectivity index (χ0) is 15.1. The summed E-state index contributed by atoms with van der Waals surface area (Å²) < 4.78 is 0. The molecule has 1 heterocycles. The van der Waals surface area contributed by atoms with Crippen LogP contribution in [0.5, 0.6) is 0 Å². The zero-order valence-electron chi connectivity index (χ0n) is 12.1. The van der Waals surface area contributed by atoms with E-state index in [9.17, 15) is 9.59 Å². The highest BCUT2D eigenvalue weighted by atomic mass is 32.1. The molecule has 0 saturated heterocycles. The molecule has 1 fully saturated rings. The number of nitrogens with zero attached hydrogens (tertiary/aromatic N) is 1. The van der Waals surface area contributed by atoms with E-state index in [1.54, 1.807) is 11.3 Å². The van der Waals surface area contributed by atoms with Gasteiger partial charge < -0.3 is 10.4 Å². The first-order valence-electron chi connectivity index (χ1n) is 7.58. The predicted octanol–water partition coefficient (Wildman–Crippen LogP) is 2.71. The van der Waals surface area contributed by atoms with E-state index in [0.717, 1.165) is 11.4 Å². The third-order valence-corrected chi connectivity index (χ3v) is 4.75. The molecule has 0 unspecified atom stereocenters. The summed E-state index contributed by atoms with van der Waals surface area (Å²) in [7, 11) is 0. The fourth-order valence-electron chi connectivity index (χ4n) is 2.64. The number of carbonyl (C=O) groups is 2. The Morgan fingerprint density at radius 1 is 1.29 bits per heavy atom. The van der Waals surface area contributed by atoms with Crippen LogP contribution in [0, 0.1) is 0 Å². The number of hydrogen-bond donors (Lipinski definition) is 2. The summed E-state index contributed by atoms with van der Waals surface area (Å²) in [6, 6.07) is 0. The van der Waals surface area contributed by atoms with Gasteiger partial charge in [-0.3, -0.25) is 9.59 Å². The molecule has 1 aliphatic carbocycles. The van der Waals surface area contributed by atoms with E-state index in [0.29, 0.717) is 12.5 Å². The summed E-state index contributed by atoms with van der Waals surface area (Å²) in [6.45, 7) is 0.524. The summed E-state index contributed by atoms with van der Waals surface area (Å²) >= 11 is 1.66. The van der Waals surface area contributed by atoms with Crippen molar-refractivity contribution in [2.75, 3.05) is 6.54 Å². The van der Waals surface area contributed by atoms with Crippen molar-refractivity contribution in [2.24, 2.45) is 0 Å². The van der Waals surface area contributed by atoms with Crippen LogP contribution in [0.4, 0.5) is 0 Å². The van der Waals surface area contributed by atoms with Gasteiger partial charge in [-0.1, -0.05) is 19.3 Å². The molecule has 1 aliphatic rings. The van der Waals surface area contributed by atoms with Crippen molar-refractivity contribution in [1.29, 1.82) is 0 Å². The molecule has 2 rings (SSSR count). The predicted molar refractivity (Wildman–Crippen MR) is 81.5 cm³/mol. The molecule has 2 N–H and O–H groups in total. The van der Waals surface area contributed by atoms with Crippen LogP contribution in [-0.2, 0) is 16.0 Å². The molecule has 0 aromatic carbocycles. The van der Waals surface area contributed by atoms with Crippen LogP contribution in [0.2, 0.25) is 0 Å². The lowest BCUT2D eigenvalue weighted by Gasteiger charge is -2.19. The smallest absolute Gasteiger partial charge is 0.303 e. The summed E-state index contributed by atoms with van der Waals surface area (Å²) in [5.74, 6) is -0.530. The van der Waals surface area contributed by atoms with E-state index in [4.69, 9.17) is 5.11 Å². The minimum atomic E-state index is -0.942. The molecule has 0 atom stereocenters. The number of amides is 1. The van der Waals surface area contributed by atoms with Gasteiger partial charge in [-0.2, -0.15) is 0 Å². The molecule has 0 bridgehead atoms. The van der Waals surface area contributed by atoms with E-state index in [-0.39, 0.29) is 18.7 Å². The van der Waals surface area contributed by atoms with Crippen LogP contribution < -0.4 is 5.32 Å². The molecular weight excluding hydrogens is 288 g/mol. The number of carbonyl (C=O) groups excluding carboxylic acids is 1. The molecule has 1 saturated carbocycles. The lowest BCUT2D eigenvalue weighted by molar-refractivity contribution is -0.138. The fourth-order valence-corrected chi connectivity index (χ4v) is 3.52. The Kier molecular flexibility index (Phi) is 6.17.